The third kappa shape index (κ3) is 5.54. The van der Waals surface area contributed by atoms with Crippen molar-refractivity contribution in [3.05, 3.63) is 11.6 Å². The predicted molar refractivity (Wildman–Crippen MR) is 183 cm³/mol. The van der Waals surface area contributed by atoms with E-state index in [9.17, 15) is 25.5 Å². The number of aliphatic hydroxyl groups excluding tert-OH is 5. The minimum atomic E-state index is -1.35. The second-order valence-corrected chi connectivity index (χ2v) is 19.3. The van der Waals surface area contributed by atoms with Gasteiger partial charge in [-0.25, -0.2) is 0 Å². The third-order valence-corrected chi connectivity index (χ3v) is 16.4. The van der Waals surface area contributed by atoms with Gasteiger partial charge in [-0.05, 0) is 155 Å². The van der Waals surface area contributed by atoms with Crippen molar-refractivity contribution < 1.29 is 35.0 Å². The van der Waals surface area contributed by atoms with E-state index in [4.69, 9.17) is 9.47 Å². The lowest BCUT2D eigenvalue weighted by atomic mass is 9.37. The summed E-state index contributed by atoms with van der Waals surface area (Å²) in [6.07, 6.45) is 7.14. The van der Waals surface area contributed by atoms with Gasteiger partial charge in [0.05, 0.1) is 23.9 Å². The zero-order chi connectivity index (χ0) is 34.5. The molecule has 0 amide bonds. The Morgan fingerprint density at radius 2 is 1.57 bits per heavy atom. The minimum absolute atomic E-state index is 0.0546. The average molecular weight is 661 g/mol. The molecule has 5 aliphatic carbocycles. The number of allylic oxidation sites excluding steroid dienone is 2. The molecule has 7 heteroatoms. The molecule has 6 aliphatic rings. The van der Waals surface area contributed by atoms with Crippen LogP contribution in [0.1, 0.15) is 133 Å². The number of hydrogen-bond acceptors (Lipinski definition) is 7. The molecule has 7 nitrogen and oxygen atoms in total. The molecule has 5 saturated carbocycles. The minimum Gasteiger partial charge on any atom is -0.393 e. The predicted octanol–water partition coefficient (Wildman–Crippen LogP) is 6.38. The summed E-state index contributed by atoms with van der Waals surface area (Å²) in [5.41, 5.74) is 0.772. The fraction of sp³-hybridized carbons (Fsp3) is 0.950. The summed E-state index contributed by atoms with van der Waals surface area (Å²) in [5.74, 6) is 2.44. The first kappa shape index (κ1) is 36.3. The molecule has 1 heterocycles. The van der Waals surface area contributed by atoms with Crippen LogP contribution in [0.25, 0.3) is 0 Å². The van der Waals surface area contributed by atoms with E-state index < -0.39 is 42.4 Å². The average Bonchev–Trinajstić information content (AvgIpc) is 3.37. The summed E-state index contributed by atoms with van der Waals surface area (Å²) < 4.78 is 12.9. The van der Waals surface area contributed by atoms with Crippen LogP contribution in [0.15, 0.2) is 11.6 Å². The second kappa shape index (κ2) is 12.3. The van der Waals surface area contributed by atoms with E-state index in [1.807, 2.05) is 0 Å². The standard InChI is InChI=1S/C40H68O7/c1-22(2)11-10-16-40(9,47-35-34(45)33(44)32(43)23(3)46-35)26-14-18-38(7)31(26)28(41)20-25-19-27-24(21-39(25,38)8)12-13-29-36(4,5)30(42)15-17-37(27,29)6/h11,23-35,41-45H,10,12-21H2,1-9H3/t23?,24?,25?,26?,27?,28?,29?,30?,31?,32?,33?,34?,35?,37?,38-,39?,40+/m1/s1. The molecule has 15 unspecified atom stereocenters. The molecule has 270 valence electrons. The maximum Gasteiger partial charge on any atom is 0.187 e. The van der Waals surface area contributed by atoms with Crippen LogP contribution in [0.3, 0.4) is 0 Å². The lowest BCUT2D eigenvalue weighted by molar-refractivity contribution is -0.330. The Labute approximate surface area is 284 Å². The van der Waals surface area contributed by atoms with E-state index in [0.717, 1.165) is 38.5 Å². The Balaban J connectivity index is 1.29. The highest BCUT2D eigenvalue weighted by Gasteiger charge is 2.69. The maximum absolute atomic E-state index is 12.3. The van der Waals surface area contributed by atoms with E-state index in [0.29, 0.717) is 30.1 Å². The molecule has 6 rings (SSSR count). The molecule has 0 bridgehead atoms. The van der Waals surface area contributed by atoms with Crippen molar-refractivity contribution in [1.29, 1.82) is 0 Å². The Hall–Kier alpha value is -0.540. The zero-order valence-corrected chi connectivity index (χ0v) is 30.9. The van der Waals surface area contributed by atoms with E-state index >= 15 is 0 Å². The Bertz CT molecular complexity index is 1180. The van der Waals surface area contributed by atoms with Crippen LogP contribution in [0.4, 0.5) is 0 Å². The fourth-order valence-electron chi connectivity index (χ4n) is 13.5. The summed E-state index contributed by atoms with van der Waals surface area (Å²) >= 11 is 0. The van der Waals surface area contributed by atoms with Gasteiger partial charge in [0, 0.05) is 0 Å². The zero-order valence-electron chi connectivity index (χ0n) is 30.9. The summed E-state index contributed by atoms with van der Waals surface area (Å²) in [6.45, 7) is 20.2. The van der Waals surface area contributed by atoms with Gasteiger partial charge in [0.2, 0.25) is 0 Å². The molecule has 0 aromatic carbocycles. The van der Waals surface area contributed by atoms with Crippen LogP contribution in [0.2, 0.25) is 0 Å². The second-order valence-electron chi connectivity index (χ2n) is 19.3. The van der Waals surface area contributed by atoms with Crippen LogP contribution in [-0.2, 0) is 9.47 Å². The van der Waals surface area contributed by atoms with Crippen molar-refractivity contribution in [2.24, 2.45) is 57.2 Å². The van der Waals surface area contributed by atoms with Gasteiger partial charge >= 0.3 is 0 Å². The first-order chi connectivity index (χ1) is 21.8. The van der Waals surface area contributed by atoms with Gasteiger partial charge in [0.25, 0.3) is 0 Å². The highest BCUT2D eigenvalue weighted by molar-refractivity contribution is 5.18. The van der Waals surface area contributed by atoms with E-state index in [2.05, 4.69) is 61.5 Å². The molecule has 0 spiro atoms. The van der Waals surface area contributed by atoms with E-state index in [1.165, 1.54) is 31.3 Å². The first-order valence-electron chi connectivity index (χ1n) is 19.2. The molecule has 17 atom stereocenters. The number of ether oxygens (including phenoxy) is 2. The molecule has 1 saturated heterocycles. The Morgan fingerprint density at radius 1 is 0.872 bits per heavy atom. The van der Waals surface area contributed by atoms with Crippen molar-refractivity contribution in [3.63, 3.8) is 0 Å². The van der Waals surface area contributed by atoms with Gasteiger partial charge < -0.3 is 35.0 Å². The largest absolute Gasteiger partial charge is 0.393 e. The van der Waals surface area contributed by atoms with Crippen LogP contribution in [0.5, 0.6) is 0 Å². The lowest BCUT2D eigenvalue weighted by Gasteiger charge is -2.68. The SMILES string of the molecule is CC(C)=CCC[C@](C)(OC1OC(C)C(O)C(O)C1O)C1CC[C@]2(C)C1C(O)CC1CC3C(CCC4C(C)(C)C(O)CCC34C)CC12C. The molecule has 47 heavy (non-hydrogen) atoms. The van der Waals surface area contributed by atoms with Crippen LogP contribution < -0.4 is 0 Å². The number of fused-ring (bicyclic) bond motifs is 6. The van der Waals surface area contributed by atoms with Gasteiger partial charge in [-0.1, -0.05) is 46.3 Å². The highest BCUT2D eigenvalue weighted by atomic mass is 16.7. The summed E-state index contributed by atoms with van der Waals surface area (Å²) in [4.78, 5) is 0. The van der Waals surface area contributed by atoms with Crippen LogP contribution in [0, 0.1) is 57.2 Å². The summed E-state index contributed by atoms with van der Waals surface area (Å²) in [7, 11) is 0. The number of rotatable bonds is 6. The van der Waals surface area contributed by atoms with Gasteiger partial charge in [0.1, 0.15) is 18.3 Å². The molecular weight excluding hydrogens is 592 g/mol. The van der Waals surface area contributed by atoms with Gasteiger partial charge in [-0.15, -0.1) is 0 Å². The van der Waals surface area contributed by atoms with Crippen molar-refractivity contribution in [2.45, 2.75) is 181 Å². The smallest absolute Gasteiger partial charge is 0.187 e. The van der Waals surface area contributed by atoms with Gasteiger partial charge in [-0.2, -0.15) is 0 Å². The number of hydrogen-bond donors (Lipinski definition) is 5. The molecular formula is C40H68O7. The third-order valence-electron chi connectivity index (χ3n) is 16.4. The van der Waals surface area contributed by atoms with Gasteiger partial charge in [0.15, 0.2) is 6.29 Å². The molecule has 1 aliphatic heterocycles. The Morgan fingerprint density at radius 3 is 2.26 bits per heavy atom. The Kier molecular flexibility index (Phi) is 9.49. The maximum atomic E-state index is 12.3. The normalized spacial score (nSPS) is 53.5. The molecule has 0 radical (unpaired) electrons. The van der Waals surface area contributed by atoms with Crippen molar-refractivity contribution >= 4 is 0 Å². The summed E-state index contributed by atoms with van der Waals surface area (Å²) in [5, 5.41) is 55.3. The fourth-order valence-corrected chi connectivity index (χ4v) is 13.5. The van der Waals surface area contributed by atoms with E-state index in [-0.39, 0.29) is 39.6 Å². The molecule has 0 aromatic heterocycles. The highest BCUT2D eigenvalue weighted by Crippen LogP contribution is 2.74. The summed E-state index contributed by atoms with van der Waals surface area (Å²) in [6, 6.07) is 0. The number of aliphatic hydroxyl groups is 5. The molecule has 5 N–H and O–H groups in total. The van der Waals surface area contributed by atoms with Crippen LogP contribution >= 0.6 is 0 Å². The first-order valence-corrected chi connectivity index (χ1v) is 19.2. The van der Waals surface area contributed by atoms with Gasteiger partial charge in [-0.3, -0.25) is 0 Å². The van der Waals surface area contributed by atoms with Crippen molar-refractivity contribution in [3.8, 4) is 0 Å². The topological polar surface area (TPSA) is 120 Å². The molecule has 0 aromatic rings. The molecule has 6 fully saturated rings. The van der Waals surface area contributed by atoms with Crippen LogP contribution in [-0.4, -0.2) is 74.0 Å². The van der Waals surface area contributed by atoms with E-state index in [1.54, 1.807) is 6.92 Å². The van der Waals surface area contributed by atoms with Crippen molar-refractivity contribution in [1.82, 2.24) is 0 Å². The van der Waals surface area contributed by atoms with Crippen molar-refractivity contribution in [2.75, 3.05) is 0 Å². The monoisotopic (exact) mass is 660 g/mol. The quantitative estimate of drug-likeness (QED) is 0.210. The lowest BCUT2D eigenvalue weighted by Crippen LogP contribution is -2.64.